The summed E-state index contributed by atoms with van der Waals surface area (Å²) in [7, 11) is 1.73. The Kier molecular flexibility index (Phi) is 4.74. The maximum Gasteiger partial charge on any atom is 0.227 e. The van der Waals surface area contributed by atoms with Crippen molar-refractivity contribution in [2.24, 2.45) is 5.92 Å². The van der Waals surface area contributed by atoms with Crippen LogP contribution in [0.2, 0.25) is 0 Å². The number of carbonyl (C=O) groups excluding carboxylic acids is 1. The van der Waals surface area contributed by atoms with Gasteiger partial charge in [-0.25, -0.2) is 0 Å². The largest absolute Gasteiger partial charge is 0.384 e. The normalized spacial score (nSPS) is 18.6. The first-order valence-electron chi connectivity index (χ1n) is 8.01. The minimum Gasteiger partial charge on any atom is -0.384 e. The zero-order valence-corrected chi connectivity index (χ0v) is 13.1. The zero-order valence-electron chi connectivity index (χ0n) is 13.1. The molecule has 1 aliphatic heterocycles. The van der Waals surface area contributed by atoms with E-state index in [4.69, 9.17) is 4.74 Å². The third-order valence-electron chi connectivity index (χ3n) is 4.50. The molecule has 3 rings (SSSR count). The van der Waals surface area contributed by atoms with Crippen LogP contribution in [0.25, 0.3) is 10.8 Å². The second kappa shape index (κ2) is 6.93. The van der Waals surface area contributed by atoms with E-state index >= 15 is 0 Å². The van der Waals surface area contributed by atoms with Gasteiger partial charge in [-0.1, -0.05) is 42.5 Å². The van der Waals surface area contributed by atoms with Crippen molar-refractivity contribution in [1.29, 1.82) is 0 Å². The summed E-state index contributed by atoms with van der Waals surface area (Å²) < 4.78 is 5.25. The van der Waals surface area contributed by atoms with Crippen molar-refractivity contribution in [2.45, 2.75) is 19.3 Å². The second-order valence-electron chi connectivity index (χ2n) is 6.12. The van der Waals surface area contributed by atoms with E-state index in [0.29, 0.717) is 12.3 Å². The van der Waals surface area contributed by atoms with Crippen molar-refractivity contribution in [3.05, 3.63) is 48.0 Å². The molecule has 1 unspecified atom stereocenters. The van der Waals surface area contributed by atoms with Crippen molar-refractivity contribution in [2.75, 3.05) is 26.8 Å². The quantitative estimate of drug-likeness (QED) is 0.867. The number of hydrogen-bond donors (Lipinski definition) is 0. The molecule has 1 aliphatic rings. The molecule has 0 aliphatic carbocycles. The van der Waals surface area contributed by atoms with Crippen LogP contribution in [0, 0.1) is 5.92 Å². The fourth-order valence-corrected chi connectivity index (χ4v) is 3.38. The van der Waals surface area contributed by atoms with Gasteiger partial charge in [0, 0.05) is 20.2 Å². The Balaban J connectivity index is 1.73. The third kappa shape index (κ3) is 3.30. The Morgan fingerprint density at radius 1 is 1.23 bits per heavy atom. The summed E-state index contributed by atoms with van der Waals surface area (Å²) in [5, 5.41) is 2.38. The molecule has 1 saturated heterocycles. The fraction of sp³-hybridized carbons (Fsp3) is 0.421. The molecule has 1 fully saturated rings. The summed E-state index contributed by atoms with van der Waals surface area (Å²) in [6.45, 7) is 2.46. The number of rotatable bonds is 4. The molecule has 0 saturated carbocycles. The van der Waals surface area contributed by atoms with E-state index in [0.717, 1.165) is 38.1 Å². The van der Waals surface area contributed by atoms with E-state index in [1.54, 1.807) is 7.11 Å². The highest BCUT2D eigenvalue weighted by molar-refractivity contribution is 5.90. The van der Waals surface area contributed by atoms with Crippen LogP contribution in [0.4, 0.5) is 0 Å². The van der Waals surface area contributed by atoms with Gasteiger partial charge in [0.15, 0.2) is 0 Å². The summed E-state index contributed by atoms with van der Waals surface area (Å²) >= 11 is 0. The molecule has 0 spiro atoms. The number of hydrogen-bond acceptors (Lipinski definition) is 2. The molecular weight excluding hydrogens is 274 g/mol. The summed E-state index contributed by atoms with van der Waals surface area (Å²) in [5.41, 5.74) is 1.12. The molecule has 1 heterocycles. The third-order valence-corrected chi connectivity index (χ3v) is 4.50. The van der Waals surface area contributed by atoms with Gasteiger partial charge in [-0.3, -0.25) is 4.79 Å². The van der Waals surface area contributed by atoms with Gasteiger partial charge in [-0.2, -0.15) is 0 Å². The lowest BCUT2D eigenvalue weighted by Crippen LogP contribution is -2.41. The first kappa shape index (κ1) is 15.0. The highest BCUT2D eigenvalue weighted by Gasteiger charge is 2.23. The average Bonchev–Trinajstić information content (AvgIpc) is 2.56. The van der Waals surface area contributed by atoms with E-state index in [1.807, 2.05) is 23.1 Å². The van der Waals surface area contributed by atoms with E-state index in [1.165, 1.54) is 10.8 Å². The molecular formula is C19H23NO2. The molecule has 2 aromatic carbocycles. The lowest BCUT2D eigenvalue weighted by atomic mass is 9.97. The first-order chi connectivity index (χ1) is 10.8. The molecule has 1 atom stereocenters. The Bertz CT molecular complexity index is 645. The second-order valence-corrected chi connectivity index (χ2v) is 6.12. The molecule has 116 valence electrons. The molecule has 0 aromatic heterocycles. The number of ether oxygens (including phenoxy) is 1. The molecule has 0 radical (unpaired) electrons. The topological polar surface area (TPSA) is 29.5 Å². The van der Waals surface area contributed by atoms with Gasteiger partial charge in [-0.05, 0) is 35.1 Å². The maximum absolute atomic E-state index is 12.6. The number of benzene rings is 2. The lowest BCUT2D eigenvalue weighted by Gasteiger charge is -2.32. The molecule has 0 N–H and O–H groups in total. The van der Waals surface area contributed by atoms with E-state index < -0.39 is 0 Å². The number of fused-ring (bicyclic) bond motifs is 1. The standard InChI is InChI=1S/C19H23NO2/c1-22-14-15-6-5-11-20(13-15)19(21)12-17-9-4-8-16-7-2-3-10-18(16)17/h2-4,7-10,15H,5-6,11-14H2,1H3. The van der Waals surface area contributed by atoms with Gasteiger partial charge in [0.1, 0.15) is 0 Å². The van der Waals surface area contributed by atoms with Gasteiger partial charge in [0.25, 0.3) is 0 Å². The monoisotopic (exact) mass is 297 g/mol. The summed E-state index contributed by atoms with van der Waals surface area (Å²) in [6.07, 6.45) is 2.72. The van der Waals surface area contributed by atoms with E-state index in [-0.39, 0.29) is 5.91 Å². The van der Waals surface area contributed by atoms with Crippen molar-refractivity contribution >= 4 is 16.7 Å². The molecule has 22 heavy (non-hydrogen) atoms. The highest BCUT2D eigenvalue weighted by Crippen LogP contribution is 2.21. The Morgan fingerprint density at radius 3 is 2.91 bits per heavy atom. The van der Waals surface area contributed by atoms with Crippen LogP contribution in [0.1, 0.15) is 18.4 Å². The van der Waals surface area contributed by atoms with Crippen LogP contribution in [0.15, 0.2) is 42.5 Å². The van der Waals surface area contributed by atoms with Gasteiger partial charge in [-0.15, -0.1) is 0 Å². The number of nitrogens with zero attached hydrogens (tertiary/aromatic N) is 1. The average molecular weight is 297 g/mol. The highest BCUT2D eigenvalue weighted by atomic mass is 16.5. The number of piperidine rings is 1. The van der Waals surface area contributed by atoms with Crippen molar-refractivity contribution in [3.63, 3.8) is 0 Å². The van der Waals surface area contributed by atoms with Gasteiger partial charge >= 0.3 is 0 Å². The number of carbonyl (C=O) groups is 1. The number of methoxy groups -OCH3 is 1. The fourth-order valence-electron chi connectivity index (χ4n) is 3.38. The first-order valence-corrected chi connectivity index (χ1v) is 8.01. The van der Waals surface area contributed by atoms with Crippen LogP contribution in [0.3, 0.4) is 0 Å². The van der Waals surface area contributed by atoms with E-state index in [2.05, 4.69) is 24.3 Å². The van der Waals surface area contributed by atoms with Crippen LogP contribution in [0.5, 0.6) is 0 Å². The van der Waals surface area contributed by atoms with Gasteiger partial charge < -0.3 is 9.64 Å². The SMILES string of the molecule is COCC1CCCN(C(=O)Cc2cccc3ccccc23)C1. The maximum atomic E-state index is 12.6. The Labute approximate surface area is 131 Å². The molecule has 0 bridgehead atoms. The smallest absolute Gasteiger partial charge is 0.227 e. The summed E-state index contributed by atoms with van der Waals surface area (Å²) in [4.78, 5) is 14.7. The Morgan fingerprint density at radius 2 is 2.05 bits per heavy atom. The van der Waals surface area contributed by atoms with Crippen LogP contribution in [-0.4, -0.2) is 37.6 Å². The van der Waals surface area contributed by atoms with Crippen LogP contribution < -0.4 is 0 Å². The predicted octanol–water partition coefficient (Wildman–Crippen LogP) is 3.27. The zero-order chi connectivity index (χ0) is 15.4. The molecule has 2 aromatic rings. The molecule has 3 nitrogen and oxygen atoms in total. The van der Waals surface area contributed by atoms with Crippen LogP contribution in [-0.2, 0) is 16.0 Å². The number of likely N-dealkylation sites (tertiary alicyclic amines) is 1. The van der Waals surface area contributed by atoms with E-state index in [9.17, 15) is 4.79 Å². The van der Waals surface area contributed by atoms with Crippen molar-refractivity contribution in [3.8, 4) is 0 Å². The predicted molar refractivity (Wildman–Crippen MR) is 88.8 cm³/mol. The lowest BCUT2D eigenvalue weighted by molar-refractivity contribution is -0.132. The Hall–Kier alpha value is -1.87. The summed E-state index contributed by atoms with van der Waals surface area (Å²) in [6, 6.07) is 14.5. The minimum atomic E-state index is 0.233. The van der Waals surface area contributed by atoms with Crippen LogP contribution >= 0.6 is 0 Å². The van der Waals surface area contributed by atoms with Gasteiger partial charge in [0.2, 0.25) is 5.91 Å². The molecule has 1 amide bonds. The minimum absolute atomic E-state index is 0.233. The summed E-state index contributed by atoms with van der Waals surface area (Å²) in [5.74, 6) is 0.715. The van der Waals surface area contributed by atoms with Crippen molar-refractivity contribution < 1.29 is 9.53 Å². The van der Waals surface area contributed by atoms with Gasteiger partial charge in [0.05, 0.1) is 13.0 Å². The number of amides is 1. The van der Waals surface area contributed by atoms with Crippen molar-refractivity contribution in [1.82, 2.24) is 4.90 Å². The molecule has 3 heteroatoms.